The molecule has 8 nitrogen and oxygen atoms in total. The van der Waals surface area contributed by atoms with Crippen LogP contribution in [0, 0.1) is 13.8 Å². The molecular weight excluding hydrogens is 509 g/mol. The van der Waals surface area contributed by atoms with E-state index in [0.29, 0.717) is 0 Å². The third kappa shape index (κ3) is 6.49. The molecule has 1 aromatic heterocycles. The van der Waals surface area contributed by atoms with Gasteiger partial charge in [-0.2, -0.15) is 0 Å². The molecule has 0 radical (unpaired) electrons. The summed E-state index contributed by atoms with van der Waals surface area (Å²) in [6, 6.07) is 6.12. The van der Waals surface area contributed by atoms with Crippen LogP contribution in [0.2, 0.25) is 0 Å². The Kier molecular flexibility index (Phi) is 9.89. The maximum atomic E-state index is 5.42. The summed E-state index contributed by atoms with van der Waals surface area (Å²) in [7, 11) is 5.17. The fourth-order valence-corrected chi connectivity index (χ4v) is 3.85. The number of methoxy groups -OCH3 is 2. The molecule has 2 aromatic rings. The van der Waals surface area contributed by atoms with Gasteiger partial charge in [-0.25, -0.2) is 0 Å². The third-order valence-electron chi connectivity index (χ3n) is 5.58. The van der Waals surface area contributed by atoms with Crippen LogP contribution in [0.4, 0.5) is 0 Å². The van der Waals surface area contributed by atoms with Crippen LogP contribution in [0.3, 0.4) is 0 Å². The lowest BCUT2D eigenvalue weighted by Gasteiger charge is -2.36. The first-order chi connectivity index (χ1) is 14.5. The molecule has 1 N–H and O–H groups in total. The van der Waals surface area contributed by atoms with Gasteiger partial charge in [-0.1, -0.05) is 11.2 Å². The van der Waals surface area contributed by atoms with Gasteiger partial charge >= 0.3 is 0 Å². The van der Waals surface area contributed by atoms with Crippen molar-refractivity contribution in [2.75, 3.05) is 54.0 Å². The average Bonchev–Trinajstić information content (AvgIpc) is 3.09. The van der Waals surface area contributed by atoms with Gasteiger partial charge in [-0.15, -0.1) is 24.0 Å². The SMILES string of the molecule is CN=C(NCCc1c(C)noc1C)N1CCN(Cc2ccc(OC)c(OC)c2)CC1.I. The summed E-state index contributed by atoms with van der Waals surface area (Å²) in [6.45, 7) is 9.50. The fraction of sp³-hybridized carbons (Fsp3) is 0.545. The van der Waals surface area contributed by atoms with E-state index in [9.17, 15) is 0 Å². The molecular formula is C22H34IN5O3. The van der Waals surface area contributed by atoms with Crippen LogP contribution in [0.25, 0.3) is 0 Å². The summed E-state index contributed by atoms with van der Waals surface area (Å²) in [5.74, 6) is 3.38. The lowest BCUT2D eigenvalue weighted by Crippen LogP contribution is -2.52. The highest BCUT2D eigenvalue weighted by Gasteiger charge is 2.20. The smallest absolute Gasteiger partial charge is 0.193 e. The van der Waals surface area contributed by atoms with Crippen LogP contribution in [0.15, 0.2) is 27.7 Å². The summed E-state index contributed by atoms with van der Waals surface area (Å²) in [4.78, 5) is 9.24. The van der Waals surface area contributed by atoms with Crippen LogP contribution in [0.1, 0.15) is 22.6 Å². The predicted octanol–water partition coefficient (Wildman–Crippen LogP) is 2.86. The number of nitrogens with one attached hydrogen (secondary N) is 1. The highest BCUT2D eigenvalue weighted by molar-refractivity contribution is 14.0. The first-order valence-electron chi connectivity index (χ1n) is 10.4. The quantitative estimate of drug-likeness (QED) is 0.327. The van der Waals surface area contributed by atoms with Crippen molar-refractivity contribution in [2.45, 2.75) is 26.8 Å². The molecule has 0 aliphatic carbocycles. The number of aryl methyl sites for hydroxylation is 2. The highest BCUT2D eigenvalue weighted by atomic mass is 127. The molecule has 0 bridgehead atoms. The van der Waals surface area contributed by atoms with Gasteiger partial charge in [0.05, 0.1) is 19.9 Å². The maximum absolute atomic E-state index is 5.42. The lowest BCUT2D eigenvalue weighted by molar-refractivity contribution is 0.172. The summed E-state index contributed by atoms with van der Waals surface area (Å²) < 4.78 is 16.0. The van der Waals surface area contributed by atoms with E-state index >= 15 is 0 Å². The van der Waals surface area contributed by atoms with Gasteiger partial charge in [0.2, 0.25) is 0 Å². The molecule has 0 saturated carbocycles. The molecule has 1 aliphatic heterocycles. The number of ether oxygens (including phenoxy) is 2. The Bertz CT molecular complexity index is 843. The van der Waals surface area contributed by atoms with E-state index < -0.39 is 0 Å². The Labute approximate surface area is 202 Å². The van der Waals surface area contributed by atoms with Crippen molar-refractivity contribution in [1.82, 2.24) is 20.3 Å². The fourth-order valence-electron chi connectivity index (χ4n) is 3.85. The first kappa shape index (κ1) is 25.3. The number of aliphatic imine (C=N–C) groups is 1. The maximum Gasteiger partial charge on any atom is 0.193 e. The Morgan fingerprint density at radius 3 is 2.42 bits per heavy atom. The molecule has 0 unspecified atom stereocenters. The Morgan fingerprint density at radius 1 is 1.13 bits per heavy atom. The minimum Gasteiger partial charge on any atom is -0.493 e. The molecule has 1 aliphatic rings. The normalized spacial score (nSPS) is 14.9. The second-order valence-electron chi connectivity index (χ2n) is 7.48. The zero-order chi connectivity index (χ0) is 21.5. The molecule has 3 rings (SSSR count). The number of nitrogens with zero attached hydrogens (tertiary/aromatic N) is 4. The van der Waals surface area contributed by atoms with Gasteiger partial charge in [-0.3, -0.25) is 9.89 Å². The zero-order valence-corrected chi connectivity index (χ0v) is 21.4. The van der Waals surface area contributed by atoms with Gasteiger partial charge in [0.25, 0.3) is 0 Å². The molecule has 31 heavy (non-hydrogen) atoms. The minimum absolute atomic E-state index is 0. The van der Waals surface area contributed by atoms with Crippen LogP contribution in [-0.4, -0.2) is 74.9 Å². The monoisotopic (exact) mass is 543 g/mol. The Morgan fingerprint density at radius 2 is 1.84 bits per heavy atom. The van der Waals surface area contributed by atoms with Gasteiger partial charge in [0.1, 0.15) is 5.76 Å². The summed E-state index contributed by atoms with van der Waals surface area (Å²) in [5.41, 5.74) is 3.37. The third-order valence-corrected chi connectivity index (χ3v) is 5.58. The first-order valence-corrected chi connectivity index (χ1v) is 10.4. The number of aromatic nitrogens is 1. The van der Waals surface area contributed by atoms with Crippen molar-refractivity contribution in [3.63, 3.8) is 0 Å². The van der Waals surface area contributed by atoms with E-state index in [2.05, 4.69) is 37.4 Å². The molecule has 1 fully saturated rings. The number of piperazine rings is 1. The molecule has 1 aromatic carbocycles. The topological polar surface area (TPSA) is 75.4 Å². The van der Waals surface area contributed by atoms with E-state index in [0.717, 1.165) is 74.6 Å². The lowest BCUT2D eigenvalue weighted by atomic mass is 10.1. The predicted molar refractivity (Wildman–Crippen MR) is 133 cm³/mol. The van der Waals surface area contributed by atoms with Crippen molar-refractivity contribution in [3.05, 3.63) is 40.8 Å². The standard InChI is InChI=1S/C22H33N5O3.HI/c1-16-19(17(2)30-25-16)8-9-24-22(23-3)27-12-10-26(11-13-27)15-18-6-7-20(28-4)21(14-18)29-5;/h6-7,14H,8-13,15H2,1-5H3,(H,23,24);1H. The largest absolute Gasteiger partial charge is 0.493 e. The highest BCUT2D eigenvalue weighted by Crippen LogP contribution is 2.28. The Hall–Kier alpha value is -2.01. The van der Waals surface area contributed by atoms with Crippen molar-refractivity contribution in [2.24, 2.45) is 4.99 Å². The van der Waals surface area contributed by atoms with E-state index in [1.807, 2.05) is 27.0 Å². The molecule has 0 spiro atoms. The summed E-state index contributed by atoms with van der Waals surface area (Å²) in [5, 5.41) is 7.50. The van der Waals surface area contributed by atoms with Gasteiger partial charge in [-0.05, 0) is 38.0 Å². The van der Waals surface area contributed by atoms with Crippen LogP contribution < -0.4 is 14.8 Å². The second-order valence-corrected chi connectivity index (χ2v) is 7.48. The number of guanidine groups is 1. The van der Waals surface area contributed by atoms with Crippen LogP contribution >= 0.6 is 24.0 Å². The number of hydrogen-bond acceptors (Lipinski definition) is 6. The van der Waals surface area contributed by atoms with Gasteiger partial charge < -0.3 is 24.2 Å². The van der Waals surface area contributed by atoms with Crippen molar-refractivity contribution in [3.8, 4) is 11.5 Å². The Balaban J connectivity index is 0.00000341. The minimum atomic E-state index is 0. The van der Waals surface area contributed by atoms with E-state index in [1.54, 1.807) is 14.2 Å². The van der Waals surface area contributed by atoms with E-state index in [4.69, 9.17) is 14.0 Å². The number of benzene rings is 1. The van der Waals surface area contributed by atoms with Crippen molar-refractivity contribution in [1.29, 1.82) is 0 Å². The molecule has 1 saturated heterocycles. The summed E-state index contributed by atoms with van der Waals surface area (Å²) in [6.07, 6.45) is 0.874. The molecule has 9 heteroatoms. The number of halogens is 1. The average molecular weight is 543 g/mol. The number of rotatable bonds is 7. The molecule has 0 atom stereocenters. The van der Waals surface area contributed by atoms with E-state index in [-0.39, 0.29) is 24.0 Å². The van der Waals surface area contributed by atoms with Crippen molar-refractivity contribution >= 4 is 29.9 Å². The van der Waals surface area contributed by atoms with Crippen LogP contribution in [0.5, 0.6) is 11.5 Å². The summed E-state index contributed by atoms with van der Waals surface area (Å²) >= 11 is 0. The zero-order valence-electron chi connectivity index (χ0n) is 19.1. The molecule has 2 heterocycles. The van der Waals surface area contributed by atoms with Gasteiger partial charge in [0.15, 0.2) is 17.5 Å². The van der Waals surface area contributed by atoms with Gasteiger partial charge in [0, 0.05) is 51.9 Å². The molecule has 0 amide bonds. The van der Waals surface area contributed by atoms with Crippen molar-refractivity contribution < 1.29 is 14.0 Å². The second kappa shape index (κ2) is 12.1. The van der Waals surface area contributed by atoms with Crippen LogP contribution in [-0.2, 0) is 13.0 Å². The number of hydrogen-bond donors (Lipinski definition) is 1. The molecule has 172 valence electrons. The van der Waals surface area contributed by atoms with E-state index in [1.165, 1.54) is 11.1 Å².